The largest absolute Gasteiger partial charge is 0.293 e. The van der Waals surface area contributed by atoms with Gasteiger partial charge in [0.15, 0.2) is 5.78 Å². The Hall–Kier alpha value is -0.280. The molecule has 0 amide bonds. The molecule has 3 heteroatoms. The van der Waals surface area contributed by atoms with Crippen molar-refractivity contribution in [2.24, 2.45) is 5.92 Å². The summed E-state index contributed by atoms with van der Waals surface area (Å²) >= 11 is 3.70. The molecule has 0 radical (unpaired) electrons. The monoisotopic (exact) mass is 254 g/mol. The van der Waals surface area contributed by atoms with Crippen LogP contribution in [0.25, 0.3) is 0 Å². The minimum absolute atomic E-state index is 0.363. The second kappa shape index (κ2) is 5.87. The molecule has 0 aromatic carbocycles. The van der Waals surface area contributed by atoms with Gasteiger partial charge in [0.2, 0.25) is 0 Å². The third kappa shape index (κ3) is 3.11. The van der Waals surface area contributed by atoms with Crippen LogP contribution in [0.15, 0.2) is 12.1 Å². The highest BCUT2D eigenvalue weighted by Crippen LogP contribution is 2.28. The SMILES string of the molecule is CCc1ccc(C(=O)CC2CCSCC2)s1. The Morgan fingerprint density at radius 3 is 2.75 bits per heavy atom. The number of thiophene rings is 1. The molecular formula is C13H18OS2. The number of aryl methyl sites for hydroxylation is 1. The maximum absolute atomic E-state index is 12.0. The zero-order valence-electron chi connectivity index (χ0n) is 9.70. The van der Waals surface area contributed by atoms with Crippen molar-refractivity contribution in [2.45, 2.75) is 32.6 Å². The highest BCUT2D eigenvalue weighted by atomic mass is 32.2. The maximum atomic E-state index is 12.0. The molecule has 1 aromatic heterocycles. The van der Waals surface area contributed by atoms with E-state index in [-0.39, 0.29) is 0 Å². The van der Waals surface area contributed by atoms with Crippen LogP contribution < -0.4 is 0 Å². The average Bonchev–Trinajstić information content (AvgIpc) is 2.79. The Morgan fingerprint density at radius 1 is 1.38 bits per heavy atom. The molecular weight excluding hydrogens is 236 g/mol. The van der Waals surface area contributed by atoms with Crippen molar-refractivity contribution >= 4 is 28.9 Å². The van der Waals surface area contributed by atoms with E-state index in [2.05, 4.69) is 13.0 Å². The first kappa shape index (κ1) is 12.2. The van der Waals surface area contributed by atoms with Gasteiger partial charge in [-0.25, -0.2) is 0 Å². The van der Waals surface area contributed by atoms with Crippen molar-refractivity contribution in [3.05, 3.63) is 21.9 Å². The summed E-state index contributed by atoms with van der Waals surface area (Å²) in [7, 11) is 0. The summed E-state index contributed by atoms with van der Waals surface area (Å²) in [5, 5.41) is 0. The lowest BCUT2D eigenvalue weighted by molar-refractivity contribution is 0.0962. The van der Waals surface area contributed by atoms with E-state index in [1.165, 1.54) is 29.2 Å². The molecule has 16 heavy (non-hydrogen) atoms. The van der Waals surface area contributed by atoms with Gasteiger partial charge in [0, 0.05) is 11.3 Å². The Bertz CT molecular complexity index is 351. The predicted octanol–water partition coefficient (Wildman–Crippen LogP) is 4.03. The van der Waals surface area contributed by atoms with Gasteiger partial charge in [-0.3, -0.25) is 4.79 Å². The van der Waals surface area contributed by atoms with Gasteiger partial charge < -0.3 is 0 Å². The topological polar surface area (TPSA) is 17.1 Å². The van der Waals surface area contributed by atoms with Gasteiger partial charge >= 0.3 is 0 Å². The van der Waals surface area contributed by atoms with E-state index in [4.69, 9.17) is 0 Å². The van der Waals surface area contributed by atoms with Gasteiger partial charge in [-0.1, -0.05) is 6.92 Å². The van der Waals surface area contributed by atoms with E-state index in [9.17, 15) is 4.79 Å². The molecule has 0 atom stereocenters. The van der Waals surface area contributed by atoms with E-state index in [0.717, 1.165) is 17.7 Å². The molecule has 0 spiro atoms. The fourth-order valence-corrected chi connectivity index (χ4v) is 4.13. The number of Topliss-reactive ketones (excluding diaryl/α,β-unsaturated/α-hetero) is 1. The highest BCUT2D eigenvalue weighted by molar-refractivity contribution is 7.99. The van der Waals surface area contributed by atoms with Crippen molar-refractivity contribution in [3.63, 3.8) is 0 Å². The van der Waals surface area contributed by atoms with E-state index in [0.29, 0.717) is 11.7 Å². The van der Waals surface area contributed by atoms with E-state index in [1.54, 1.807) is 11.3 Å². The molecule has 1 nitrogen and oxygen atoms in total. The molecule has 0 unspecified atom stereocenters. The number of carbonyl (C=O) groups excluding carboxylic acids is 1. The summed E-state index contributed by atoms with van der Waals surface area (Å²) < 4.78 is 0. The van der Waals surface area contributed by atoms with Crippen molar-refractivity contribution < 1.29 is 4.79 Å². The Balaban J connectivity index is 1.91. The van der Waals surface area contributed by atoms with Crippen molar-refractivity contribution in [1.29, 1.82) is 0 Å². The van der Waals surface area contributed by atoms with Gasteiger partial charge in [-0.05, 0) is 48.8 Å². The highest BCUT2D eigenvalue weighted by Gasteiger charge is 2.19. The number of rotatable bonds is 4. The normalized spacial score (nSPS) is 17.6. The zero-order valence-corrected chi connectivity index (χ0v) is 11.3. The standard InChI is InChI=1S/C13H18OS2/c1-2-11-3-4-13(16-11)12(14)9-10-5-7-15-8-6-10/h3-4,10H,2,5-9H2,1H3. The van der Waals surface area contributed by atoms with Crippen molar-refractivity contribution in [2.75, 3.05) is 11.5 Å². The van der Waals surface area contributed by atoms with Gasteiger partial charge in [-0.2, -0.15) is 11.8 Å². The van der Waals surface area contributed by atoms with Crippen LogP contribution in [-0.2, 0) is 6.42 Å². The molecule has 1 fully saturated rings. The zero-order chi connectivity index (χ0) is 11.4. The first-order chi connectivity index (χ1) is 7.79. The van der Waals surface area contributed by atoms with Crippen LogP contribution in [0.2, 0.25) is 0 Å². The van der Waals surface area contributed by atoms with E-state index >= 15 is 0 Å². The molecule has 1 saturated heterocycles. The summed E-state index contributed by atoms with van der Waals surface area (Å²) in [6, 6.07) is 4.10. The van der Waals surface area contributed by atoms with Crippen LogP contribution in [0.1, 0.15) is 40.7 Å². The van der Waals surface area contributed by atoms with E-state index < -0.39 is 0 Å². The average molecular weight is 254 g/mol. The van der Waals surface area contributed by atoms with Gasteiger partial charge in [0.1, 0.15) is 0 Å². The lowest BCUT2D eigenvalue weighted by atomic mass is 9.96. The maximum Gasteiger partial charge on any atom is 0.173 e. The molecule has 0 aliphatic carbocycles. The fourth-order valence-electron chi connectivity index (χ4n) is 2.03. The lowest BCUT2D eigenvalue weighted by Crippen LogP contribution is -2.13. The van der Waals surface area contributed by atoms with Gasteiger partial charge in [-0.15, -0.1) is 11.3 Å². The van der Waals surface area contributed by atoms with E-state index in [1.807, 2.05) is 17.8 Å². The summed E-state index contributed by atoms with van der Waals surface area (Å²) in [5.74, 6) is 3.48. The molecule has 0 saturated carbocycles. The first-order valence-electron chi connectivity index (χ1n) is 5.99. The summed E-state index contributed by atoms with van der Waals surface area (Å²) in [6.07, 6.45) is 4.26. The van der Waals surface area contributed by atoms with Crippen molar-refractivity contribution in [1.82, 2.24) is 0 Å². The molecule has 0 N–H and O–H groups in total. The second-order valence-electron chi connectivity index (χ2n) is 4.30. The third-order valence-electron chi connectivity index (χ3n) is 3.10. The summed E-state index contributed by atoms with van der Waals surface area (Å²) in [6.45, 7) is 2.14. The molecule has 88 valence electrons. The third-order valence-corrected chi connectivity index (χ3v) is 5.42. The minimum atomic E-state index is 0.363. The van der Waals surface area contributed by atoms with Gasteiger partial charge in [0.05, 0.1) is 4.88 Å². The van der Waals surface area contributed by atoms with Crippen LogP contribution in [0, 0.1) is 5.92 Å². The van der Waals surface area contributed by atoms with Crippen LogP contribution in [0.5, 0.6) is 0 Å². The predicted molar refractivity (Wildman–Crippen MR) is 72.7 cm³/mol. The number of carbonyl (C=O) groups is 1. The van der Waals surface area contributed by atoms with Crippen LogP contribution >= 0.6 is 23.1 Å². The Labute approximate surface area is 106 Å². The quantitative estimate of drug-likeness (QED) is 0.755. The summed E-state index contributed by atoms with van der Waals surface area (Å²) in [4.78, 5) is 14.3. The molecule has 1 aromatic rings. The molecule has 1 aliphatic rings. The molecule has 1 aliphatic heterocycles. The number of hydrogen-bond acceptors (Lipinski definition) is 3. The van der Waals surface area contributed by atoms with Crippen LogP contribution in [0.4, 0.5) is 0 Å². The van der Waals surface area contributed by atoms with Crippen LogP contribution in [-0.4, -0.2) is 17.3 Å². The minimum Gasteiger partial charge on any atom is -0.293 e. The second-order valence-corrected chi connectivity index (χ2v) is 6.70. The number of thioether (sulfide) groups is 1. The van der Waals surface area contributed by atoms with Gasteiger partial charge in [0.25, 0.3) is 0 Å². The van der Waals surface area contributed by atoms with Crippen molar-refractivity contribution in [3.8, 4) is 0 Å². The number of hydrogen-bond donors (Lipinski definition) is 0. The summed E-state index contributed by atoms with van der Waals surface area (Å²) in [5.41, 5.74) is 0. The Morgan fingerprint density at radius 2 is 2.12 bits per heavy atom. The van der Waals surface area contributed by atoms with Crippen LogP contribution in [0.3, 0.4) is 0 Å². The lowest BCUT2D eigenvalue weighted by Gasteiger charge is -2.19. The first-order valence-corrected chi connectivity index (χ1v) is 7.96. The Kier molecular flexibility index (Phi) is 4.47. The molecule has 0 bridgehead atoms. The molecule has 2 rings (SSSR count). The fraction of sp³-hybridized carbons (Fsp3) is 0.615. The smallest absolute Gasteiger partial charge is 0.173 e. The molecule has 2 heterocycles. The number of ketones is 1.